The largest absolute Gasteiger partial charge is 0.399 e. The van der Waals surface area contributed by atoms with Gasteiger partial charge in [0.15, 0.2) is 0 Å². The molecule has 0 aliphatic heterocycles. The normalized spacial score (nSPS) is 10.2. The minimum absolute atomic E-state index is 0.134. The summed E-state index contributed by atoms with van der Waals surface area (Å²) in [7, 11) is 0. The van der Waals surface area contributed by atoms with Gasteiger partial charge in [0.1, 0.15) is 12.0 Å². The second-order valence-electron chi connectivity index (χ2n) is 4.01. The molecule has 2 rings (SSSR count). The lowest BCUT2D eigenvalue weighted by atomic mass is 10.1. The zero-order valence-electron chi connectivity index (χ0n) is 10.6. The fourth-order valence-electron chi connectivity index (χ4n) is 1.68. The third kappa shape index (κ3) is 3.25. The summed E-state index contributed by atoms with van der Waals surface area (Å²) in [5, 5.41) is 9.69. The van der Waals surface area contributed by atoms with Gasteiger partial charge in [-0.2, -0.15) is 0 Å². The second-order valence-corrected chi connectivity index (χ2v) is 4.01. The van der Waals surface area contributed by atoms with Crippen LogP contribution in [0.25, 0.3) is 0 Å². The molecule has 0 aliphatic carbocycles. The van der Waals surface area contributed by atoms with Crippen molar-refractivity contribution in [3.05, 3.63) is 41.8 Å². The fraction of sp³-hybridized carbons (Fsp3) is 0.231. The lowest BCUT2D eigenvalue weighted by Gasteiger charge is -2.11. The summed E-state index contributed by atoms with van der Waals surface area (Å²) in [6.07, 6.45) is 1.50. The number of benzene rings is 1. The summed E-state index contributed by atoms with van der Waals surface area (Å²) >= 11 is 0. The van der Waals surface area contributed by atoms with Crippen LogP contribution in [0.2, 0.25) is 0 Å². The number of hydrogen-bond acceptors (Lipinski definition) is 5. The van der Waals surface area contributed by atoms with Crippen molar-refractivity contribution in [3.63, 3.8) is 0 Å². The Balaban J connectivity index is 2.17. The first kappa shape index (κ1) is 12.9. The highest BCUT2D eigenvalue weighted by Crippen LogP contribution is 2.20. The van der Waals surface area contributed by atoms with E-state index in [0.717, 1.165) is 5.69 Å². The molecule has 1 aromatic heterocycles. The molecule has 100 valence electrons. The molecule has 4 N–H and O–H groups in total. The second kappa shape index (κ2) is 5.90. The molecular weight excluding hydrogens is 244 g/mol. The van der Waals surface area contributed by atoms with E-state index in [0.29, 0.717) is 30.0 Å². The molecule has 1 heterocycles. The number of nitrogens with zero attached hydrogens (tertiary/aromatic N) is 1. The minimum atomic E-state index is -0.134. The van der Waals surface area contributed by atoms with Crippen molar-refractivity contribution in [2.24, 2.45) is 0 Å². The maximum Gasteiger partial charge on any atom is 0.253 e. The van der Waals surface area contributed by atoms with Crippen LogP contribution in [0.4, 0.5) is 11.4 Å². The fourth-order valence-corrected chi connectivity index (χ4v) is 1.68. The Hall–Kier alpha value is -2.50. The van der Waals surface area contributed by atoms with Crippen LogP contribution in [0.15, 0.2) is 35.1 Å². The van der Waals surface area contributed by atoms with Gasteiger partial charge in [0.25, 0.3) is 5.91 Å². The van der Waals surface area contributed by atoms with Crippen molar-refractivity contribution in [3.8, 4) is 0 Å². The first-order valence-electron chi connectivity index (χ1n) is 6.01. The minimum Gasteiger partial charge on any atom is -0.399 e. The van der Waals surface area contributed by atoms with Crippen LogP contribution in [-0.4, -0.2) is 17.6 Å². The number of anilines is 2. The predicted octanol–water partition coefficient (Wildman–Crippen LogP) is 1.62. The van der Waals surface area contributed by atoms with E-state index in [2.05, 4.69) is 15.8 Å². The van der Waals surface area contributed by atoms with Crippen LogP contribution in [0.1, 0.15) is 23.0 Å². The average molecular weight is 260 g/mol. The topological polar surface area (TPSA) is 93.2 Å². The van der Waals surface area contributed by atoms with Crippen molar-refractivity contribution < 1.29 is 9.32 Å². The monoisotopic (exact) mass is 260 g/mol. The van der Waals surface area contributed by atoms with Crippen LogP contribution in [0, 0.1) is 0 Å². The van der Waals surface area contributed by atoms with Crippen LogP contribution in [0.3, 0.4) is 0 Å². The number of carbonyl (C=O) groups is 1. The average Bonchev–Trinajstić information content (AvgIpc) is 2.89. The molecule has 2 aromatic rings. The molecule has 0 radical (unpaired) electrons. The Bertz CT molecular complexity index is 552. The number of carbonyl (C=O) groups excluding carboxylic acids is 1. The van der Waals surface area contributed by atoms with Gasteiger partial charge in [-0.25, -0.2) is 0 Å². The Labute approximate surface area is 111 Å². The van der Waals surface area contributed by atoms with E-state index in [9.17, 15) is 4.79 Å². The number of nitrogens with two attached hydrogens (primary N) is 1. The van der Waals surface area contributed by atoms with Crippen molar-refractivity contribution in [2.75, 3.05) is 17.6 Å². The smallest absolute Gasteiger partial charge is 0.253 e. The first-order valence-corrected chi connectivity index (χ1v) is 6.01. The van der Waals surface area contributed by atoms with Crippen LogP contribution >= 0.6 is 0 Å². The Morgan fingerprint density at radius 2 is 2.26 bits per heavy atom. The quantitative estimate of drug-likeness (QED) is 0.710. The number of amides is 1. The van der Waals surface area contributed by atoms with Gasteiger partial charge in [-0.3, -0.25) is 4.79 Å². The third-order valence-corrected chi connectivity index (χ3v) is 2.58. The Morgan fingerprint density at radius 1 is 1.42 bits per heavy atom. The molecule has 0 saturated heterocycles. The van der Waals surface area contributed by atoms with Crippen molar-refractivity contribution >= 4 is 17.3 Å². The lowest BCUT2D eigenvalue weighted by molar-refractivity contribution is 0.0956. The third-order valence-electron chi connectivity index (χ3n) is 2.58. The zero-order valence-corrected chi connectivity index (χ0v) is 10.6. The van der Waals surface area contributed by atoms with E-state index in [4.69, 9.17) is 10.3 Å². The maximum atomic E-state index is 11.9. The highest BCUT2D eigenvalue weighted by atomic mass is 16.5. The summed E-state index contributed by atoms with van der Waals surface area (Å²) in [6, 6.07) is 6.88. The van der Waals surface area contributed by atoms with Gasteiger partial charge in [-0.15, -0.1) is 0 Å². The van der Waals surface area contributed by atoms with Gasteiger partial charge >= 0.3 is 0 Å². The summed E-state index contributed by atoms with van der Waals surface area (Å²) in [6.45, 7) is 2.91. The zero-order chi connectivity index (χ0) is 13.7. The van der Waals surface area contributed by atoms with E-state index < -0.39 is 0 Å². The van der Waals surface area contributed by atoms with Gasteiger partial charge in [0.05, 0.1) is 12.1 Å². The van der Waals surface area contributed by atoms with Crippen molar-refractivity contribution in [1.29, 1.82) is 0 Å². The molecule has 1 aromatic carbocycles. The van der Waals surface area contributed by atoms with Crippen LogP contribution < -0.4 is 16.4 Å². The van der Waals surface area contributed by atoms with Gasteiger partial charge in [-0.05, 0) is 25.1 Å². The SMILES string of the molecule is CCNC(=O)c1ccc(N)cc1NCc1ccon1. The standard InChI is InChI=1S/C13H16N4O2/c1-2-15-13(18)11-4-3-9(14)7-12(11)16-8-10-5-6-19-17-10/h3-7,16H,2,8,14H2,1H3,(H,15,18). The molecule has 0 atom stereocenters. The summed E-state index contributed by atoms with van der Waals surface area (Å²) in [5.74, 6) is -0.134. The maximum absolute atomic E-state index is 11.9. The van der Waals surface area contributed by atoms with Crippen molar-refractivity contribution in [1.82, 2.24) is 10.5 Å². The van der Waals surface area contributed by atoms with Gasteiger partial charge in [0.2, 0.25) is 0 Å². The molecule has 6 heteroatoms. The molecule has 6 nitrogen and oxygen atoms in total. The summed E-state index contributed by atoms with van der Waals surface area (Å²) in [4.78, 5) is 11.9. The summed E-state index contributed by atoms with van der Waals surface area (Å²) < 4.78 is 4.75. The number of rotatable bonds is 5. The van der Waals surface area contributed by atoms with E-state index in [-0.39, 0.29) is 5.91 Å². The first-order chi connectivity index (χ1) is 9.20. The number of aromatic nitrogens is 1. The Kier molecular flexibility index (Phi) is 4.02. The number of hydrogen-bond donors (Lipinski definition) is 3. The predicted molar refractivity (Wildman–Crippen MR) is 72.7 cm³/mol. The molecule has 0 spiro atoms. The molecule has 0 fully saturated rings. The van der Waals surface area contributed by atoms with Crippen LogP contribution in [-0.2, 0) is 6.54 Å². The molecule has 0 saturated carbocycles. The van der Waals surface area contributed by atoms with Gasteiger partial charge < -0.3 is 20.9 Å². The highest BCUT2D eigenvalue weighted by Gasteiger charge is 2.11. The van der Waals surface area contributed by atoms with Crippen molar-refractivity contribution in [2.45, 2.75) is 13.5 Å². The molecule has 0 unspecified atom stereocenters. The van der Waals surface area contributed by atoms with E-state index >= 15 is 0 Å². The van der Waals surface area contributed by atoms with E-state index in [1.54, 1.807) is 24.3 Å². The molecule has 19 heavy (non-hydrogen) atoms. The molecular formula is C13H16N4O2. The Morgan fingerprint density at radius 3 is 2.95 bits per heavy atom. The molecule has 1 amide bonds. The van der Waals surface area contributed by atoms with E-state index in [1.165, 1.54) is 6.26 Å². The molecule has 0 bridgehead atoms. The number of nitrogens with one attached hydrogen (secondary N) is 2. The van der Waals surface area contributed by atoms with Crippen LogP contribution in [0.5, 0.6) is 0 Å². The highest BCUT2D eigenvalue weighted by molar-refractivity contribution is 6.00. The molecule has 0 aliphatic rings. The summed E-state index contributed by atoms with van der Waals surface area (Å²) in [5.41, 5.74) is 8.32. The van der Waals surface area contributed by atoms with Gasteiger partial charge in [0, 0.05) is 24.0 Å². The lowest BCUT2D eigenvalue weighted by Crippen LogP contribution is -2.24. The van der Waals surface area contributed by atoms with E-state index in [1.807, 2.05) is 6.92 Å². The van der Waals surface area contributed by atoms with Gasteiger partial charge in [-0.1, -0.05) is 5.16 Å². The number of nitrogen functional groups attached to an aromatic ring is 1.